The molecule has 0 radical (unpaired) electrons. The van der Waals surface area contributed by atoms with Crippen LogP contribution in [0.5, 0.6) is 0 Å². The molecule has 0 saturated carbocycles. The Labute approximate surface area is 115 Å². The number of H-pyrrole nitrogens is 1. The highest BCUT2D eigenvalue weighted by Crippen LogP contribution is 2.09. The fourth-order valence-corrected chi connectivity index (χ4v) is 1.85. The van der Waals surface area contributed by atoms with Gasteiger partial charge in [-0.25, -0.2) is 4.39 Å². The zero-order valence-corrected chi connectivity index (χ0v) is 11.4. The summed E-state index contributed by atoms with van der Waals surface area (Å²) in [5, 5.41) is 2.83. The van der Waals surface area contributed by atoms with Gasteiger partial charge in [-0.1, -0.05) is 0 Å². The zero-order chi connectivity index (χ0) is 14.7. The van der Waals surface area contributed by atoms with E-state index in [9.17, 15) is 14.0 Å². The molecule has 5 nitrogen and oxygen atoms in total. The third kappa shape index (κ3) is 3.03. The summed E-state index contributed by atoms with van der Waals surface area (Å²) in [6.45, 7) is 1.11. The van der Waals surface area contributed by atoms with Crippen molar-refractivity contribution in [2.24, 2.45) is 0 Å². The monoisotopic (exact) mass is 277 g/mol. The fourth-order valence-electron chi connectivity index (χ4n) is 1.85. The van der Waals surface area contributed by atoms with E-state index in [2.05, 4.69) is 10.3 Å². The van der Waals surface area contributed by atoms with Crippen molar-refractivity contribution < 1.29 is 9.18 Å². The lowest BCUT2D eigenvalue weighted by Crippen LogP contribution is -2.34. The molecule has 0 aliphatic heterocycles. The van der Waals surface area contributed by atoms with Gasteiger partial charge in [-0.05, 0) is 32.3 Å². The summed E-state index contributed by atoms with van der Waals surface area (Å²) in [5.41, 5.74) is 0.0173. The Morgan fingerprint density at radius 2 is 2.15 bits per heavy atom. The maximum atomic E-state index is 13.2. The van der Waals surface area contributed by atoms with Crippen molar-refractivity contribution in [1.82, 2.24) is 15.2 Å². The van der Waals surface area contributed by atoms with E-state index in [-0.39, 0.29) is 10.9 Å². The third-order valence-corrected chi connectivity index (χ3v) is 2.93. The van der Waals surface area contributed by atoms with Crippen LogP contribution in [0.2, 0.25) is 0 Å². The first-order valence-corrected chi connectivity index (χ1v) is 6.23. The van der Waals surface area contributed by atoms with Crippen molar-refractivity contribution in [2.45, 2.75) is 0 Å². The molecule has 1 aromatic carbocycles. The van der Waals surface area contributed by atoms with Gasteiger partial charge in [-0.2, -0.15) is 0 Å². The van der Waals surface area contributed by atoms with Gasteiger partial charge in [0.15, 0.2) is 0 Å². The summed E-state index contributed by atoms with van der Waals surface area (Å²) in [7, 11) is 3.77. The number of hydrogen-bond acceptors (Lipinski definition) is 3. The van der Waals surface area contributed by atoms with Crippen LogP contribution in [0.4, 0.5) is 4.39 Å². The summed E-state index contributed by atoms with van der Waals surface area (Å²) in [5.74, 6) is -0.965. The number of nitrogens with zero attached hydrogens (tertiary/aromatic N) is 1. The second-order valence-electron chi connectivity index (χ2n) is 4.78. The van der Waals surface area contributed by atoms with Crippen molar-refractivity contribution in [3.8, 4) is 0 Å². The number of benzene rings is 1. The first kappa shape index (κ1) is 14.2. The number of nitrogens with one attached hydrogen (secondary N) is 2. The molecular weight excluding hydrogens is 261 g/mol. The van der Waals surface area contributed by atoms with Gasteiger partial charge in [0.1, 0.15) is 11.4 Å². The molecule has 1 heterocycles. The molecule has 0 fully saturated rings. The summed E-state index contributed by atoms with van der Waals surface area (Å²) < 4.78 is 13.2. The van der Waals surface area contributed by atoms with Crippen LogP contribution in [0.1, 0.15) is 10.4 Å². The van der Waals surface area contributed by atoms with Crippen molar-refractivity contribution in [3.63, 3.8) is 0 Å². The first-order chi connectivity index (χ1) is 9.49. The summed E-state index contributed by atoms with van der Waals surface area (Å²) in [6.07, 6.45) is 1.35. The molecule has 0 aliphatic rings. The molecule has 0 atom stereocenters. The lowest BCUT2D eigenvalue weighted by atomic mass is 10.1. The van der Waals surface area contributed by atoms with Crippen molar-refractivity contribution in [3.05, 3.63) is 46.0 Å². The number of aromatic amines is 1. The number of carbonyl (C=O) groups is 1. The van der Waals surface area contributed by atoms with E-state index in [0.717, 1.165) is 6.07 Å². The van der Waals surface area contributed by atoms with Crippen LogP contribution in [0.25, 0.3) is 10.9 Å². The Kier molecular flexibility index (Phi) is 4.14. The summed E-state index contributed by atoms with van der Waals surface area (Å²) >= 11 is 0. The van der Waals surface area contributed by atoms with E-state index in [1.807, 2.05) is 19.0 Å². The van der Waals surface area contributed by atoms with Crippen LogP contribution >= 0.6 is 0 Å². The minimum Gasteiger partial charge on any atom is -0.360 e. The van der Waals surface area contributed by atoms with E-state index in [1.54, 1.807) is 0 Å². The Bertz CT molecular complexity index is 694. The minimum absolute atomic E-state index is 0.0122. The Balaban J connectivity index is 2.28. The smallest absolute Gasteiger partial charge is 0.256 e. The number of fused-ring (bicyclic) bond motifs is 1. The van der Waals surface area contributed by atoms with Gasteiger partial charge in [0.05, 0.1) is 0 Å². The fraction of sp³-hybridized carbons (Fsp3) is 0.286. The largest absolute Gasteiger partial charge is 0.360 e. The molecule has 0 spiro atoms. The normalized spacial score (nSPS) is 11.0. The number of rotatable bonds is 4. The van der Waals surface area contributed by atoms with Crippen molar-refractivity contribution in [2.75, 3.05) is 27.2 Å². The molecule has 6 heteroatoms. The van der Waals surface area contributed by atoms with E-state index in [1.165, 1.54) is 18.3 Å². The highest BCUT2D eigenvalue weighted by molar-refractivity contribution is 5.97. The number of carbonyl (C=O) groups excluding carboxylic acids is 1. The SMILES string of the molecule is CN(C)CCNC(=O)c1c[nH]c2ccc(F)cc2c1=O. The standard InChI is InChI=1S/C14H16FN3O2/c1-18(2)6-5-16-14(20)11-8-17-12-4-3-9(15)7-10(12)13(11)19/h3-4,7-8H,5-6H2,1-2H3,(H,16,20)(H,17,19). The number of aromatic nitrogens is 1. The van der Waals surface area contributed by atoms with Crippen LogP contribution in [0.3, 0.4) is 0 Å². The Hall–Kier alpha value is -2.21. The predicted octanol–water partition coefficient (Wildman–Crippen LogP) is 0.959. The number of pyridine rings is 1. The Morgan fingerprint density at radius 1 is 1.40 bits per heavy atom. The molecule has 2 N–H and O–H groups in total. The van der Waals surface area contributed by atoms with Crippen LogP contribution < -0.4 is 10.7 Å². The van der Waals surface area contributed by atoms with Crippen LogP contribution in [-0.4, -0.2) is 43.0 Å². The van der Waals surface area contributed by atoms with E-state index < -0.39 is 17.2 Å². The maximum Gasteiger partial charge on any atom is 0.256 e. The van der Waals surface area contributed by atoms with Gasteiger partial charge < -0.3 is 15.2 Å². The van der Waals surface area contributed by atoms with Gasteiger partial charge in [-0.15, -0.1) is 0 Å². The highest BCUT2D eigenvalue weighted by Gasteiger charge is 2.12. The van der Waals surface area contributed by atoms with E-state index >= 15 is 0 Å². The van der Waals surface area contributed by atoms with Gasteiger partial charge in [0.2, 0.25) is 5.43 Å². The predicted molar refractivity (Wildman–Crippen MR) is 75.4 cm³/mol. The van der Waals surface area contributed by atoms with Crippen molar-refractivity contribution in [1.29, 1.82) is 0 Å². The molecule has 106 valence electrons. The number of halogens is 1. The molecule has 0 unspecified atom stereocenters. The molecule has 0 saturated heterocycles. The molecule has 2 rings (SSSR count). The average molecular weight is 277 g/mol. The van der Waals surface area contributed by atoms with Crippen LogP contribution in [0, 0.1) is 5.82 Å². The number of amides is 1. The van der Waals surface area contributed by atoms with Crippen LogP contribution in [0.15, 0.2) is 29.2 Å². The molecule has 1 amide bonds. The molecular formula is C14H16FN3O2. The third-order valence-electron chi connectivity index (χ3n) is 2.93. The van der Waals surface area contributed by atoms with Gasteiger partial charge >= 0.3 is 0 Å². The van der Waals surface area contributed by atoms with Gasteiger partial charge in [0.25, 0.3) is 5.91 Å². The van der Waals surface area contributed by atoms with E-state index in [0.29, 0.717) is 18.6 Å². The first-order valence-electron chi connectivity index (χ1n) is 6.23. The second-order valence-corrected chi connectivity index (χ2v) is 4.78. The highest BCUT2D eigenvalue weighted by atomic mass is 19.1. The van der Waals surface area contributed by atoms with Gasteiger partial charge in [0, 0.05) is 30.2 Å². The lowest BCUT2D eigenvalue weighted by Gasteiger charge is -2.10. The molecule has 0 aliphatic carbocycles. The lowest BCUT2D eigenvalue weighted by molar-refractivity contribution is 0.0950. The topological polar surface area (TPSA) is 65.2 Å². The summed E-state index contributed by atoms with van der Waals surface area (Å²) in [4.78, 5) is 28.8. The summed E-state index contributed by atoms with van der Waals surface area (Å²) in [6, 6.07) is 3.86. The molecule has 2 aromatic rings. The maximum absolute atomic E-state index is 13.2. The minimum atomic E-state index is -0.506. The molecule has 1 aromatic heterocycles. The number of hydrogen-bond donors (Lipinski definition) is 2. The quantitative estimate of drug-likeness (QED) is 0.875. The molecule has 20 heavy (non-hydrogen) atoms. The number of likely N-dealkylation sites (N-methyl/N-ethyl adjacent to an activating group) is 1. The van der Waals surface area contributed by atoms with Gasteiger partial charge in [-0.3, -0.25) is 9.59 Å². The average Bonchev–Trinajstić information content (AvgIpc) is 2.39. The molecule has 0 bridgehead atoms. The zero-order valence-electron chi connectivity index (χ0n) is 11.4. The van der Waals surface area contributed by atoms with Crippen molar-refractivity contribution >= 4 is 16.8 Å². The Morgan fingerprint density at radius 3 is 2.85 bits per heavy atom. The van der Waals surface area contributed by atoms with E-state index in [4.69, 9.17) is 0 Å². The van der Waals surface area contributed by atoms with Crippen LogP contribution in [-0.2, 0) is 0 Å². The second kappa shape index (κ2) is 5.83.